The Kier molecular flexibility index (Phi) is 6.98. The lowest BCUT2D eigenvalue weighted by molar-refractivity contribution is 0.167. The van der Waals surface area contributed by atoms with Gasteiger partial charge < -0.3 is 4.90 Å². The van der Waals surface area contributed by atoms with Crippen molar-refractivity contribution in [2.45, 2.75) is 35.9 Å². The van der Waals surface area contributed by atoms with Gasteiger partial charge in [0.2, 0.25) is 10.0 Å². The zero-order valence-electron chi connectivity index (χ0n) is 19.0. The fraction of sp³-hybridized carbons (Fsp3) is 0.520. The van der Waals surface area contributed by atoms with E-state index in [2.05, 4.69) is 51.9 Å². The first-order valence-electron chi connectivity index (χ1n) is 11.8. The lowest BCUT2D eigenvalue weighted by Gasteiger charge is -2.31. The average molecular weight is 506 g/mol. The Labute approximate surface area is 206 Å². The first-order chi connectivity index (χ1) is 15.9. The molecule has 2 aromatic rings. The van der Waals surface area contributed by atoms with Crippen molar-refractivity contribution in [2.75, 3.05) is 39.8 Å². The molecule has 3 atom stereocenters. The van der Waals surface area contributed by atoms with Gasteiger partial charge in [-0.2, -0.15) is 0 Å². The second-order valence-electron chi connectivity index (χ2n) is 9.75. The summed E-state index contributed by atoms with van der Waals surface area (Å²) in [6.07, 6.45) is 8.54. The Morgan fingerprint density at radius 2 is 1.79 bits per heavy atom. The Balaban J connectivity index is 1.26. The van der Waals surface area contributed by atoms with E-state index < -0.39 is 10.0 Å². The van der Waals surface area contributed by atoms with Gasteiger partial charge in [0.25, 0.3) is 0 Å². The number of rotatable bonds is 6. The zero-order valence-corrected chi connectivity index (χ0v) is 21.4. The molecule has 1 aromatic heterocycles. The quantitative estimate of drug-likeness (QED) is 0.641. The molecule has 3 unspecified atom stereocenters. The maximum atomic E-state index is 13.0. The van der Waals surface area contributed by atoms with Crippen LogP contribution in [0.25, 0.3) is 6.08 Å². The van der Waals surface area contributed by atoms with Crippen molar-refractivity contribution in [2.24, 2.45) is 11.8 Å². The van der Waals surface area contributed by atoms with E-state index in [1.54, 1.807) is 12.1 Å². The molecule has 1 aliphatic heterocycles. The highest BCUT2D eigenvalue weighted by atomic mass is 35.5. The standard InChI is InChI=1S/C25H32ClN3O2S2/c1-28-11-13-29(14-12-28)10-2-3-18-4-5-19-16-20-6-7-21(17-22(19)15-18)25(20)27-33(30,31)24-9-8-23(26)32-24/h2-5,8-9,15,20-21,25,27H,6-7,10-14,16-17H2,1H3/b3-2+. The van der Waals surface area contributed by atoms with Gasteiger partial charge in [-0.05, 0) is 73.4 Å². The molecule has 2 aliphatic carbocycles. The largest absolute Gasteiger partial charge is 0.304 e. The molecule has 2 heterocycles. The van der Waals surface area contributed by atoms with Crippen LogP contribution in [-0.4, -0.2) is 64.0 Å². The molecule has 0 spiro atoms. The van der Waals surface area contributed by atoms with Crippen LogP contribution >= 0.6 is 22.9 Å². The minimum atomic E-state index is -3.54. The summed E-state index contributed by atoms with van der Waals surface area (Å²) in [6.45, 7) is 5.53. The van der Waals surface area contributed by atoms with E-state index in [4.69, 9.17) is 11.6 Å². The van der Waals surface area contributed by atoms with Gasteiger partial charge in [0, 0.05) is 38.8 Å². The summed E-state index contributed by atoms with van der Waals surface area (Å²) < 4.78 is 29.8. The highest BCUT2D eigenvalue weighted by Gasteiger charge is 2.41. The molecule has 0 radical (unpaired) electrons. The van der Waals surface area contributed by atoms with Crippen LogP contribution in [0.15, 0.2) is 40.6 Å². The van der Waals surface area contributed by atoms with Crippen LogP contribution < -0.4 is 4.72 Å². The van der Waals surface area contributed by atoms with Gasteiger partial charge in [0.05, 0.1) is 4.34 Å². The predicted molar refractivity (Wildman–Crippen MR) is 136 cm³/mol. The van der Waals surface area contributed by atoms with Crippen LogP contribution in [0.4, 0.5) is 0 Å². The number of likely N-dealkylation sites (N-methyl/N-ethyl adjacent to an activating group) is 1. The summed E-state index contributed by atoms with van der Waals surface area (Å²) in [4.78, 5) is 4.87. The number of nitrogens with zero attached hydrogens (tertiary/aromatic N) is 2. The topological polar surface area (TPSA) is 52.6 Å². The monoisotopic (exact) mass is 505 g/mol. The molecule has 2 bridgehead atoms. The van der Waals surface area contributed by atoms with E-state index in [1.165, 1.54) is 16.7 Å². The summed E-state index contributed by atoms with van der Waals surface area (Å²) in [6, 6.07) is 10.0. The summed E-state index contributed by atoms with van der Waals surface area (Å²) in [5.74, 6) is 0.686. The lowest BCUT2D eigenvalue weighted by atomic mass is 9.92. The summed E-state index contributed by atoms with van der Waals surface area (Å²) in [5, 5.41) is 0. The molecule has 8 heteroatoms. The SMILES string of the molecule is CN1CCN(C/C=C/c2ccc3c(c2)CC2CCC(C3)C2NS(=O)(=O)c2ccc(Cl)s2)CC1. The van der Waals surface area contributed by atoms with Crippen molar-refractivity contribution >= 4 is 39.0 Å². The molecule has 1 aromatic carbocycles. The first-order valence-corrected chi connectivity index (χ1v) is 14.5. The molecule has 178 valence electrons. The molecule has 5 nitrogen and oxygen atoms in total. The number of benzene rings is 1. The third kappa shape index (κ3) is 5.39. The number of halogens is 1. The number of fused-ring (bicyclic) bond motifs is 3. The fourth-order valence-corrected chi connectivity index (χ4v) is 8.45. The minimum absolute atomic E-state index is 0.0144. The molecule has 5 rings (SSSR count). The second-order valence-corrected chi connectivity index (χ2v) is 13.4. The van der Waals surface area contributed by atoms with E-state index in [9.17, 15) is 8.42 Å². The van der Waals surface area contributed by atoms with Gasteiger partial charge in [-0.15, -0.1) is 11.3 Å². The molecule has 1 saturated heterocycles. The van der Waals surface area contributed by atoms with Crippen LogP contribution in [0.1, 0.15) is 29.5 Å². The Hall–Kier alpha value is -1.22. The molecule has 1 N–H and O–H groups in total. The third-order valence-corrected chi connectivity index (χ3v) is 10.7. The minimum Gasteiger partial charge on any atom is -0.304 e. The second kappa shape index (κ2) is 9.80. The van der Waals surface area contributed by atoms with Gasteiger partial charge in [-0.25, -0.2) is 13.1 Å². The van der Waals surface area contributed by atoms with Gasteiger partial charge in [-0.3, -0.25) is 4.90 Å². The van der Waals surface area contributed by atoms with Crippen LogP contribution in [0.2, 0.25) is 4.34 Å². The zero-order chi connectivity index (χ0) is 23.0. The van der Waals surface area contributed by atoms with Gasteiger partial charge in [0.1, 0.15) is 4.21 Å². The van der Waals surface area contributed by atoms with Crippen molar-refractivity contribution in [3.63, 3.8) is 0 Å². The number of sulfonamides is 1. The van der Waals surface area contributed by atoms with Crippen LogP contribution in [0, 0.1) is 11.8 Å². The lowest BCUT2D eigenvalue weighted by Crippen LogP contribution is -2.44. The van der Waals surface area contributed by atoms with Gasteiger partial charge in [0.15, 0.2) is 0 Å². The number of hydrogen-bond donors (Lipinski definition) is 1. The summed E-state index contributed by atoms with van der Waals surface area (Å²) >= 11 is 7.10. The third-order valence-electron chi connectivity index (χ3n) is 7.49. The van der Waals surface area contributed by atoms with Gasteiger partial charge in [-0.1, -0.05) is 42.0 Å². The van der Waals surface area contributed by atoms with Crippen LogP contribution in [0.3, 0.4) is 0 Å². The molecule has 3 aliphatic rings. The van der Waals surface area contributed by atoms with Crippen LogP contribution in [0.5, 0.6) is 0 Å². The molecule has 0 amide bonds. The van der Waals surface area contributed by atoms with Crippen LogP contribution in [-0.2, 0) is 22.9 Å². The molecule has 2 fully saturated rings. The molecular formula is C25H32ClN3O2S2. The van der Waals surface area contributed by atoms with Crippen molar-refractivity contribution < 1.29 is 8.42 Å². The number of nitrogens with one attached hydrogen (secondary N) is 1. The summed E-state index contributed by atoms with van der Waals surface area (Å²) in [7, 11) is -1.35. The van der Waals surface area contributed by atoms with E-state index in [-0.39, 0.29) is 6.04 Å². The smallest absolute Gasteiger partial charge is 0.250 e. The van der Waals surface area contributed by atoms with Crippen molar-refractivity contribution in [1.29, 1.82) is 0 Å². The molecule has 33 heavy (non-hydrogen) atoms. The van der Waals surface area contributed by atoms with Crippen molar-refractivity contribution in [3.05, 3.63) is 57.4 Å². The maximum Gasteiger partial charge on any atom is 0.250 e. The highest BCUT2D eigenvalue weighted by Crippen LogP contribution is 2.41. The van der Waals surface area contributed by atoms with E-state index in [0.29, 0.717) is 20.4 Å². The normalized spacial score (nSPS) is 26.5. The number of hydrogen-bond acceptors (Lipinski definition) is 5. The summed E-state index contributed by atoms with van der Waals surface area (Å²) in [5.41, 5.74) is 4.00. The molecule has 1 saturated carbocycles. The average Bonchev–Trinajstić information content (AvgIpc) is 3.33. The number of thiophene rings is 1. The van der Waals surface area contributed by atoms with E-state index in [1.807, 2.05) is 0 Å². The number of piperazine rings is 1. The van der Waals surface area contributed by atoms with E-state index in [0.717, 1.165) is 69.7 Å². The molecular weight excluding hydrogens is 474 g/mol. The Bertz CT molecular complexity index is 1120. The van der Waals surface area contributed by atoms with Crippen molar-refractivity contribution in [1.82, 2.24) is 14.5 Å². The fourth-order valence-electron chi connectivity index (χ4n) is 5.57. The predicted octanol–water partition coefficient (Wildman–Crippen LogP) is 4.13. The van der Waals surface area contributed by atoms with Crippen molar-refractivity contribution in [3.8, 4) is 0 Å². The van der Waals surface area contributed by atoms with Gasteiger partial charge >= 0.3 is 0 Å². The van der Waals surface area contributed by atoms with E-state index >= 15 is 0 Å². The Morgan fingerprint density at radius 1 is 1.06 bits per heavy atom. The first kappa shape index (κ1) is 23.5. The highest BCUT2D eigenvalue weighted by molar-refractivity contribution is 7.91. The Morgan fingerprint density at radius 3 is 2.48 bits per heavy atom. The maximum absolute atomic E-state index is 13.0.